The van der Waals surface area contributed by atoms with E-state index in [1.165, 1.54) is 7.11 Å². The molecule has 0 spiro atoms. The second-order valence-corrected chi connectivity index (χ2v) is 3.73. The number of aliphatic hydroxyl groups is 1. The molecule has 4 heteroatoms. The zero-order valence-electron chi connectivity index (χ0n) is 10.3. The van der Waals surface area contributed by atoms with Crippen LogP contribution in [0.25, 0.3) is 0 Å². The Morgan fingerprint density at radius 2 is 2.06 bits per heavy atom. The molecule has 0 amide bonds. The van der Waals surface area contributed by atoms with Gasteiger partial charge >= 0.3 is 5.97 Å². The molecule has 0 aliphatic heterocycles. The molecule has 0 fully saturated rings. The summed E-state index contributed by atoms with van der Waals surface area (Å²) < 4.78 is 10.0. The van der Waals surface area contributed by atoms with Crippen molar-refractivity contribution in [1.29, 1.82) is 0 Å². The van der Waals surface area contributed by atoms with Crippen LogP contribution in [0.3, 0.4) is 0 Å². The SMILES string of the molecule is CCOc1ccccc1C(O)C(C)C(=O)OC. The number of benzene rings is 1. The highest BCUT2D eigenvalue weighted by atomic mass is 16.5. The lowest BCUT2D eigenvalue weighted by Crippen LogP contribution is -2.21. The molecule has 0 aliphatic carbocycles. The van der Waals surface area contributed by atoms with E-state index >= 15 is 0 Å². The van der Waals surface area contributed by atoms with Crippen LogP contribution in [0.2, 0.25) is 0 Å². The number of hydrogen-bond donors (Lipinski definition) is 1. The van der Waals surface area contributed by atoms with Crippen molar-refractivity contribution in [2.45, 2.75) is 20.0 Å². The first-order chi connectivity index (χ1) is 8.11. The lowest BCUT2D eigenvalue weighted by atomic mass is 9.97. The van der Waals surface area contributed by atoms with Crippen molar-refractivity contribution in [3.63, 3.8) is 0 Å². The topological polar surface area (TPSA) is 55.8 Å². The smallest absolute Gasteiger partial charge is 0.311 e. The van der Waals surface area contributed by atoms with Gasteiger partial charge < -0.3 is 14.6 Å². The Morgan fingerprint density at radius 3 is 2.65 bits per heavy atom. The zero-order chi connectivity index (χ0) is 12.8. The van der Waals surface area contributed by atoms with E-state index in [0.717, 1.165) is 0 Å². The van der Waals surface area contributed by atoms with Gasteiger partial charge in [0.25, 0.3) is 0 Å². The molecule has 1 N–H and O–H groups in total. The molecule has 1 aromatic rings. The molecule has 0 aliphatic rings. The number of ether oxygens (including phenoxy) is 2. The highest BCUT2D eigenvalue weighted by molar-refractivity contribution is 5.73. The maximum atomic E-state index is 11.4. The standard InChI is InChI=1S/C13H18O4/c1-4-17-11-8-6-5-7-10(11)12(14)9(2)13(15)16-3/h5-9,12,14H,4H2,1-3H3. The first-order valence-electron chi connectivity index (χ1n) is 5.59. The summed E-state index contributed by atoms with van der Waals surface area (Å²) >= 11 is 0. The number of rotatable bonds is 5. The minimum atomic E-state index is -0.926. The van der Waals surface area contributed by atoms with Crippen LogP contribution < -0.4 is 4.74 Å². The number of esters is 1. The van der Waals surface area contributed by atoms with Gasteiger partial charge in [0.05, 0.1) is 25.7 Å². The third-order valence-corrected chi connectivity index (χ3v) is 2.58. The van der Waals surface area contributed by atoms with Crippen LogP contribution >= 0.6 is 0 Å². The minimum absolute atomic E-state index is 0.441. The van der Waals surface area contributed by atoms with Gasteiger partial charge in [0.2, 0.25) is 0 Å². The molecule has 2 atom stereocenters. The van der Waals surface area contributed by atoms with Crippen LogP contribution in [0, 0.1) is 5.92 Å². The van der Waals surface area contributed by atoms with E-state index in [1.807, 2.05) is 13.0 Å². The summed E-state index contributed by atoms with van der Waals surface area (Å²) in [7, 11) is 1.31. The summed E-state index contributed by atoms with van der Waals surface area (Å²) in [6.07, 6.45) is -0.926. The Morgan fingerprint density at radius 1 is 1.41 bits per heavy atom. The summed E-state index contributed by atoms with van der Waals surface area (Å²) in [5.41, 5.74) is 0.604. The van der Waals surface area contributed by atoms with Crippen molar-refractivity contribution in [2.75, 3.05) is 13.7 Å². The quantitative estimate of drug-likeness (QED) is 0.796. The molecular formula is C13H18O4. The molecular weight excluding hydrogens is 220 g/mol. The predicted molar refractivity (Wildman–Crippen MR) is 63.8 cm³/mol. The first kappa shape index (κ1) is 13.5. The van der Waals surface area contributed by atoms with Gasteiger partial charge in [-0.05, 0) is 19.9 Å². The number of para-hydroxylation sites is 1. The Bertz CT molecular complexity index is 375. The van der Waals surface area contributed by atoms with E-state index in [0.29, 0.717) is 17.9 Å². The van der Waals surface area contributed by atoms with E-state index < -0.39 is 18.0 Å². The highest BCUT2D eigenvalue weighted by Crippen LogP contribution is 2.30. The van der Waals surface area contributed by atoms with Gasteiger partial charge in [-0.2, -0.15) is 0 Å². The largest absolute Gasteiger partial charge is 0.493 e. The fourth-order valence-electron chi connectivity index (χ4n) is 1.60. The number of aliphatic hydroxyl groups excluding tert-OH is 1. The molecule has 0 saturated carbocycles. The van der Waals surface area contributed by atoms with Crippen molar-refractivity contribution >= 4 is 5.97 Å². The fourth-order valence-corrected chi connectivity index (χ4v) is 1.60. The molecule has 0 heterocycles. The maximum Gasteiger partial charge on any atom is 0.311 e. The number of methoxy groups -OCH3 is 1. The van der Waals surface area contributed by atoms with Gasteiger partial charge in [-0.25, -0.2) is 0 Å². The Hall–Kier alpha value is -1.55. The van der Waals surface area contributed by atoms with Crippen LogP contribution in [0.4, 0.5) is 0 Å². The molecule has 0 radical (unpaired) electrons. The summed E-state index contributed by atoms with van der Waals surface area (Å²) in [5, 5.41) is 10.1. The highest BCUT2D eigenvalue weighted by Gasteiger charge is 2.26. The van der Waals surface area contributed by atoms with Crippen molar-refractivity contribution in [3.05, 3.63) is 29.8 Å². The Labute approximate surface area is 101 Å². The normalized spacial score (nSPS) is 13.9. The third-order valence-electron chi connectivity index (χ3n) is 2.58. The van der Waals surface area contributed by atoms with Crippen LogP contribution in [0.1, 0.15) is 25.5 Å². The molecule has 1 aromatic carbocycles. The summed E-state index contributed by atoms with van der Waals surface area (Å²) in [6, 6.07) is 7.14. The summed E-state index contributed by atoms with van der Waals surface area (Å²) in [4.78, 5) is 11.4. The lowest BCUT2D eigenvalue weighted by molar-refractivity contribution is -0.148. The van der Waals surface area contributed by atoms with Gasteiger partial charge in [-0.1, -0.05) is 18.2 Å². The van der Waals surface area contributed by atoms with Crippen LogP contribution in [0.5, 0.6) is 5.75 Å². The predicted octanol–water partition coefficient (Wildman–Crippen LogP) is 1.93. The first-order valence-corrected chi connectivity index (χ1v) is 5.59. The summed E-state index contributed by atoms with van der Waals surface area (Å²) in [5.74, 6) is -0.469. The Kier molecular flexibility index (Phi) is 4.97. The van der Waals surface area contributed by atoms with Crippen molar-refractivity contribution in [1.82, 2.24) is 0 Å². The number of carbonyl (C=O) groups excluding carboxylic acids is 1. The number of hydrogen-bond acceptors (Lipinski definition) is 4. The zero-order valence-corrected chi connectivity index (χ0v) is 10.3. The molecule has 0 saturated heterocycles. The molecule has 4 nitrogen and oxygen atoms in total. The van der Waals surface area contributed by atoms with Crippen LogP contribution in [-0.2, 0) is 9.53 Å². The lowest BCUT2D eigenvalue weighted by Gasteiger charge is -2.19. The third kappa shape index (κ3) is 3.20. The fraction of sp³-hybridized carbons (Fsp3) is 0.462. The molecule has 17 heavy (non-hydrogen) atoms. The van der Waals surface area contributed by atoms with E-state index in [2.05, 4.69) is 4.74 Å². The second kappa shape index (κ2) is 6.25. The monoisotopic (exact) mass is 238 g/mol. The van der Waals surface area contributed by atoms with E-state index in [-0.39, 0.29) is 0 Å². The van der Waals surface area contributed by atoms with Gasteiger partial charge in [0.15, 0.2) is 0 Å². The molecule has 0 aromatic heterocycles. The van der Waals surface area contributed by atoms with Crippen molar-refractivity contribution < 1.29 is 19.4 Å². The second-order valence-electron chi connectivity index (χ2n) is 3.73. The van der Waals surface area contributed by atoms with E-state index in [4.69, 9.17) is 4.74 Å². The molecule has 0 bridgehead atoms. The Balaban J connectivity index is 2.94. The average Bonchev–Trinajstić information content (AvgIpc) is 2.37. The van der Waals surface area contributed by atoms with Gasteiger partial charge in [0, 0.05) is 5.56 Å². The minimum Gasteiger partial charge on any atom is -0.493 e. The number of carbonyl (C=O) groups is 1. The van der Waals surface area contributed by atoms with Gasteiger partial charge in [0.1, 0.15) is 5.75 Å². The average molecular weight is 238 g/mol. The van der Waals surface area contributed by atoms with Gasteiger partial charge in [-0.15, -0.1) is 0 Å². The maximum absolute atomic E-state index is 11.4. The van der Waals surface area contributed by atoms with Crippen molar-refractivity contribution in [2.24, 2.45) is 5.92 Å². The van der Waals surface area contributed by atoms with Crippen LogP contribution in [0.15, 0.2) is 24.3 Å². The molecule has 94 valence electrons. The summed E-state index contributed by atoms with van der Waals surface area (Å²) in [6.45, 7) is 4.00. The molecule has 1 rings (SSSR count). The van der Waals surface area contributed by atoms with E-state index in [9.17, 15) is 9.90 Å². The van der Waals surface area contributed by atoms with E-state index in [1.54, 1.807) is 25.1 Å². The van der Waals surface area contributed by atoms with Crippen molar-refractivity contribution in [3.8, 4) is 5.75 Å². The van der Waals surface area contributed by atoms with Gasteiger partial charge in [-0.3, -0.25) is 4.79 Å². The van der Waals surface area contributed by atoms with Crippen LogP contribution in [-0.4, -0.2) is 24.8 Å². The molecule has 2 unspecified atom stereocenters.